The molecule has 1 heterocycles. The van der Waals surface area contributed by atoms with Crippen molar-refractivity contribution in [2.24, 2.45) is 0 Å². The summed E-state index contributed by atoms with van der Waals surface area (Å²) >= 11 is 0. The van der Waals surface area contributed by atoms with E-state index in [-0.39, 0.29) is 4.90 Å². The number of benzene rings is 2. The number of rotatable bonds is 4. The van der Waals surface area contributed by atoms with Gasteiger partial charge in [0.2, 0.25) is 0 Å². The fourth-order valence-electron chi connectivity index (χ4n) is 3.82. The van der Waals surface area contributed by atoms with Gasteiger partial charge in [0.15, 0.2) is 0 Å². The standard InChI is InChI=1S/C19H20O4S/c1-14-8-10-16(11-9-14)24(20,21)22-17-12-13-19(18(17,2)23-19)15-6-4-3-5-7-15/h3-11,17H,12-13H2,1-2H3/t17-,18-,19-/m1/s1. The molecule has 2 aromatic rings. The number of epoxide rings is 1. The normalized spacial score (nSPS) is 31.7. The van der Waals surface area contributed by atoms with Gasteiger partial charge in [-0.2, -0.15) is 8.42 Å². The van der Waals surface area contributed by atoms with E-state index >= 15 is 0 Å². The van der Waals surface area contributed by atoms with Crippen molar-refractivity contribution in [3.63, 3.8) is 0 Å². The monoisotopic (exact) mass is 344 g/mol. The van der Waals surface area contributed by atoms with Gasteiger partial charge in [0.25, 0.3) is 10.1 Å². The Kier molecular flexibility index (Phi) is 3.39. The summed E-state index contributed by atoms with van der Waals surface area (Å²) in [6.07, 6.45) is 0.960. The van der Waals surface area contributed by atoms with Crippen molar-refractivity contribution in [3.05, 3.63) is 65.7 Å². The zero-order valence-corrected chi connectivity index (χ0v) is 14.5. The average molecular weight is 344 g/mol. The Morgan fingerprint density at radius 3 is 2.38 bits per heavy atom. The van der Waals surface area contributed by atoms with Gasteiger partial charge in [0.05, 0.1) is 4.90 Å². The van der Waals surface area contributed by atoms with Crippen LogP contribution in [0.5, 0.6) is 0 Å². The minimum Gasteiger partial charge on any atom is -0.355 e. The fourth-order valence-corrected chi connectivity index (χ4v) is 4.99. The minimum absolute atomic E-state index is 0.189. The van der Waals surface area contributed by atoms with Crippen LogP contribution < -0.4 is 0 Å². The molecule has 0 amide bonds. The Hall–Kier alpha value is -1.69. The first-order valence-corrected chi connectivity index (χ1v) is 9.54. The highest BCUT2D eigenvalue weighted by atomic mass is 32.2. The lowest BCUT2D eigenvalue weighted by atomic mass is 9.89. The molecule has 2 aliphatic rings. The molecule has 2 aromatic carbocycles. The second-order valence-corrected chi connectivity index (χ2v) is 8.36. The van der Waals surface area contributed by atoms with Gasteiger partial charge in [-0.25, -0.2) is 0 Å². The zero-order valence-electron chi connectivity index (χ0n) is 13.7. The number of fused-ring (bicyclic) bond motifs is 1. The third kappa shape index (κ3) is 2.23. The summed E-state index contributed by atoms with van der Waals surface area (Å²) in [6.45, 7) is 3.86. The quantitative estimate of drug-likeness (QED) is 0.629. The van der Waals surface area contributed by atoms with Crippen LogP contribution in [0.15, 0.2) is 59.5 Å². The van der Waals surface area contributed by atoms with Crippen molar-refractivity contribution >= 4 is 10.1 Å². The molecular formula is C19H20O4S. The zero-order chi connectivity index (χ0) is 17.0. The van der Waals surface area contributed by atoms with E-state index in [0.717, 1.165) is 17.5 Å². The van der Waals surface area contributed by atoms with Crippen LogP contribution in [0.25, 0.3) is 0 Å². The highest BCUT2D eigenvalue weighted by molar-refractivity contribution is 7.86. The van der Waals surface area contributed by atoms with Crippen molar-refractivity contribution in [3.8, 4) is 0 Å². The predicted octanol–water partition coefficient (Wildman–Crippen LogP) is 3.55. The van der Waals surface area contributed by atoms with Crippen molar-refractivity contribution in [2.75, 3.05) is 0 Å². The van der Waals surface area contributed by atoms with E-state index in [9.17, 15) is 8.42 Å². The lowest BCUT2D eigenvalue weighted by Gasteiger charge is -2.17. The number of ether oxygens (including phenoxy) is 1. The van der Waals surface area contributed by atoms with Crippen LogP contribution in [0.2, 0.25) is 0 Å². The van der Waals surface area contributed by atoms with E-state index in [0.29, 0.717) is 6.42 Å². The van der Waals surface area contributed by atoms with Gasteiger partial charge in [-0.3, -0.25) is 4.18 Å². The maximum absolute atomic E-state index is 12.6. The van der Waals surface area contributed by atoms with Gasteiger partial charge in [-0.05, 0) is 44.4 Å². The molecule has 3 atom stereocenters. The molecule has 0 aromatic heterocycles. The van der Waals surface area contributed by atoms with E-state index in [1.165, 1.54) is 0 Å². The Labute approximate surface area is 142 Å². The summed E-state index contributed by atoms with van der Waals surface area (Å²) in [4.78, 5) is 0.189. The van der Waals surface area contributed by atoms with Crippen LogP contribution in [-0.2, 0) is 24.6 Å². The third-order valence-electron chi connectivity index (χ3n) is 5.31. The van der Waals surface area contributed by atoms with Crippen LogP contribution in [0.4, 0.5) is 0 Å². The van der Waals surface area contributed by atoms with Crippen LogP contribution in [0.1, 0.15) is 30.9 Å². The molecule has 1 aliphatic carbocycles. The SMILES string of the molecule is Cc1ccc(S(=O)(=O)O[C@@H]2CC[C@]3(c4ccccc4)O[C@]23C)cc1. The Morgan fingerprint density at radius 2 is 1.75 bits per heavy atom. The summed E-state index contributed by atoms with van der Waals surface area (Å²) in [7, 11) is -3.79. The smallest absolute Gasteiger partial charge is 0.297 e. The Morgan fingerprint density at radius 1 is 1.08 bits per heavy atom. The average Bonchev–Trinajstić information content (AvgIpc) is 3.11. The second-order valence-electron chi connectivity index (χ2n) is 6.79. The van der Waals surface area contributed by atoms with Gasteiger partial charge >= 0.3 is 0 Å². The van der Waals surface area contributed by atoms with Gasteiger partial charge < -0.3 is 4.74 Å². The van der Waals surface area contributed by atoms with Crippen molar-refractivity contribution in [1.29, 1.82) is 0 Å². The Bertz CT molecular complexity index is 856. The molecule has 5 heteroatoms. The molecule has 4 nitrogen and oxygen atoms in total. The molecule has 0 bridgehead atoms. The van der Waals surface area contributed by atoms with Crippen molar-refractivity contribution < 1.29 is 17.3 Å². The van der Waals surface area contributed by atoms with Crippen LogP contribution >= 0.6 is 0 Å². The second kappa shape index (κ2) is 5.15. The van der Waals surface area contributed by atoms with E-state index in [1.54, 1.807) is 24.3 Å². The lowest BCUT2D eigenvalue weighted by molar-refractivity contribution is 0.0936. The Balaban J connectivity index is 1.58. The largest absolute Gasteiger partial charge is 0.355 e. The maximum atomic E-state index is 12.6. The summed E-state index contributed by atoms with van der Waals surface area (Å²) in [5.41, 5.74) is 1.09. The summed E-state index contributed by atoms with van der Waals surface area (Å²) in [5.74, 6) is 0. The first-order chi connectivity index (χ1) is 11.4. The molecule has 126 valence electrons. The van der Waals surface area contributed by atoms with Crippen molar-refractivity contribution in [1.82, 2.24) is 0 Å². The fraction of sp³-hybridized carbons (Fsp3) is 0.368. The van der Waals surface area contributed by atoms with Gasteiger partial charge in [0.1, 0.15) is 17.3 Å². The van der Waals surface area contributed by atoms with E-state index in [2.05, 4.69) is 0 Å². The van der Waals surface area contributed by atoms with Crippen LogP contribution in [0.3, 0.4) is 0 Å². The summed E-state index contributed by atoms with van der Waals surface area (Å²) in [6, 6.07) is 16.7. The van der Waals surface area contributed by atoms with Crippen molar-refractivity contribution in [2.45, 2.75) is 48.9 Å². The van der Waals surface area contributed by atoms with E-state index in [4.69, 9.17) is 8.92 Å². The topological polar surface area (TPSA) is 55.9 Å². The molecule has 0 unspecified atom stereocenters. The van der Waals surface area contributed by atoms with Gasteiger partial charge in [0, 0.05) is 0 Å². The van der Waals surface area contributed by atoms with Crippen LogP contribution in [0, 0.1) is 6.92 Å². The lowest BCUT2D eigenvalue weighted by Crippen LogP contribution is -2.31. The molecule has 4 rings (SSSR count). The maximum Gasteiger partial charge on any atom is 0.297 e. The van der Waals surface area contributed by atoms with Crippen LogP contribution in [-0.4, -0.2) is 20.1 Å². The highest BCUT2D eigenvalue weighted by Crippen LogP contribution is 2.66. The molecule has 2 fully saturated rings. The van der Waals surface area contributed by atoms with E-state index < -0.39 is 27.4 Å². The molecule has 24 heavy (non-hydrogen) atoms. The summed E-state index contributed by atoms with van der Waals surface area (Å²) in [5, 5.41) is 0. The number of hydrogen-bond donors (Lipinski definition) is 0. The van der Waals surface area contributed by atoms with E-state index in [1.807, 2.05) is 44.2 Å². The molecule has 0 N–H and O–H groups in total. The summed E-state index contributed by atoms with van der Waals surface area (Å²) < 4.78 is 36.8. The molecule has 0 radical (unpaired) electrons. The number of aryl methyl sites for hydroxylation is 1. The molecule has 1 saturated carbocycles. The van der Waals surface area contributed by atoms with Gasteiger partial charge in [-0.1, -0.05) is 48.0 Å². The molecule has 1 saturated heterocycles. The molecular weight excluding hydrogens is 324 g/mol. The molecule has 1 aliphatic heterocycles. The first kappa shape index (κ1) is 15.8. The van der Waals surface area contributed by atoms with Gasteiger partial charge in [-0.15, -0.1) is 0 Å². The highest BCUT2D eigenvalue weighted by Gasteiger charge is 2.76. The number of hydrogen-bond acceptors (Lipinski definition) is 4. The molecule has 0 spiro atoms. The predicted molar refractivity (Wildman–Crippen MR) is 90.1 cm³/mol. The minimum atomic E-state index is -3.79. The first-order valence-electron chi connectivity index (χ1n) is 8.13. The third-order valence-corrected chi connectivity index (χ3v) is 6.65.